The van der Waals surface area contributed by atoms with Crippen LogP contribution in [0.15, 0.2) is 54.9 Å². The molecule has 1 fully saturated rings. The Bertz CT molecular complexity index is 920. The van der Waals surface area contributed by atoms with Crippen molar-refractivity contribution in [2.24, 2.45) is 0 Å². The van der Waals surface area contributed by atoms with E-state index in [1.807, 2.05) is 36.4 Å². The van der Waals surface area contributed by atoms with Gasteiger partial charge in [-0.3, -0.25) is 14.8 Å². The molecule has 28 heavy (non-hydrogen) atoms. The van der Waals surface area contributed by atoms with E-state index in [1.54, 1.807) is 12.1 Å². The maximum absolute atomic E-state index is 12.6. The average Bonchev–Trinajstić information content (AvgIpc) is 3.43. The highest BCUT2D eigenvalue weighted by Gasteiger charge is 2.12. The number of benzene rings is 2. The number of carbonyl (C=O) groups excluding carboxylic acids is 1. The molecule has 2 N–H and O–H groups in total. The molecule has 0 aliphatic carbocycles. The van der Waals surface area contributed by atoms with Crippen molar-refractivity contribution < 1.29 is 9.53 Å². The monoisotopic (exact) mass is 377 g/mol. The molecule has 7 heteroatoms. The molecule has 0 bridgehead atoms. The van der Waals surface area contributed by atoms with Crippen molar-refractivity contribution >= 4 is 11.6 Å². The summed E-state index contributed by atoms with van der Waals surface area (Å²) in [5, 5.41) is 9.58. The second-order valence-corrected chi connectivity index (χ2v) is 6.79. The molecule has 1 amide bonds. The summed E-state index contributed by atoms with van der Waals surface area (Å²) in [7, 11) is 0. The van der Waals surface area contributed by atoms with Crippen molar-refractivity contribution in [1.29, 1.82) is 0 Å². The zero-order valence-electron chi connectivity index (χ0n) is 15.6. The summed E-state index contributed by atoms with van der Waals surface area (Å²) in [4.78, 5) is 19.2. The van der Waals surface area contributed by atoms with Gasteiger partial charge in [0.15, 0.2) is 5.82 Å². The largest absolute Gasteiger partial charge is 0.492 e. The number of carbonyl (C=O) groups is 1. The third-order valence-electron chi connectivity index (χ3n) is 4.78. The summed E-state index contributed by atoms with van der Waals surface area (Å²) in [6.07, 6.45) is 4.00. The van der Waals surface area contributed by atoms with Crippen LogP contribution in [-0.2, 0) is 0 Å². The van der Waals surface area contributed by atoms with Gasteiger partial charge in [0.1, 0.15) is 18.7 Å². The van der Waals surface area contributed by atoms with Crippen LogP contribution in [0.2, 0.25) is 0 Å². The Morgan fingerprint density at radius 2 is 2.00 bits per heavy atom. The van der Waals surface area contributed by atoms with Crippen LogP contribution in [0.3, 0.4) is 0 Å². The minimum Gasteiger partial charge on any atom is -0.492 e. The number of rotatable bonds is 7. The molecule has 0 radical (unpaired) electrons. The fourth-order valence-corrected chi connectivity index (χ4v) is 3.32. The number of nitrogens with one attached hydrogen (secondary N) is 2. The van der Waals surface area contributed by atoms with E-state index in [4.69, 9.17) is 4.74 Å². The normalized spacial score (nSPS) is 14.1. The van der Waals surface area contributed by atoms with Gasteiger partial charge in [-0.25, -0.2) is 4.98 Å². The first-order chi connectivity index (χ1) is 13.8. The minimum absolute atomic E-state index is 0.185. The van der Waals surface area contributed by atoms with E-state index in [2.05, 4.69) is 25.4 Å². The minimum atomic E-state index is -0.185. The molecule has 0 atom stereocenters. The predicted octanol–water partition coefficient (Wildman–Crippen LogP) is 3.20. The molecule has 4 rings (SSSR count). The first-order valence-electron chi connectivity index (χ1n) is 9.50. The molecule has 0 saturated carbocycles. The lowest BCUT2D eigenvalue weighted by molar-refractivity contribution is 0.102. The fourth-order valence-electron chi connectivity index (χ4n) is 3.32. The SMILES string of the molecule is O=C(Nc1cccc(OCCN2CCCC2)c1)c1cccc(-c2ncn[nH]2)c1. The summed E-state index contributed by atoms with van der Waals surface area (Å²) in [5.74, 6) is 1.20. The van der Waals surface area contributed by atoms with Crippen LogP contribution < -0.4 is 10.1 Å². The summed E-state index contributed by atoms with van der Waals surface area (Å²) in [5.41, 5.74) is 2.06. The molecular formula is C21H23N5O2. The van der Waals surface area contributed by atoms with E-state index in [0.29, 0.717) is 23.7 Å². The molecule has 1 aliphatic heterocycles. The Kier molecular flexibility index (Phi) is 5.63. The highest BCUT2D eigenvalue weighted by Crippen LogP contribution is 2.20. The summed E-state index contributed by atoms with van der Waals surface area (Å²) in [6.45, 7) is 3.90. The third kappa shape index (κ3) is 4.55. The third-order valence-corrected chi connectivity index (χ3v) is 4.78. The number of aromatic amines is 1. The van der Waals surface area contributed by atoms with Crippen molar-refractivity contribution in [2.75, 3.05) is 31.6 Å². The van der Waals surface area contributed by atoms with Crippen molar-refractivity contribution in [3.05, 3.63) is 60.4 Å². The van der Waals surface area contributed by atoms with Crippen molar-refractivity contribution in [1.82, 2.24) is 20.1 Å². The first-order valence-corrected chi connectivity index (χ1v) is 9.50. The van der Waals surface area contributed by atoms with Crippen LogP contribution in [0, 0.1) is 0 Å². The number of ether oxygens (including phenoxy) is 1. The summed E-state index contributed by atoms with van der Waals surface area (Å²) in [6, 6.07) is 14.7. The Morgan fingerprint density at radius 1 is 1.14 bits per heavy atom. The maximum atomic E-state index is 12.6. The van der Waals surface area contributed by atoms with Crippen LogP contribution in [0.4, 0.5) is 5.69 Å². The number of aromatic nitrogens is 3. The van der Waals surface area contributed by atoms with Crippen LogP contribution >= 0.6 is 0 Å². The average molecular weight is 377 g/mol. The van der Waals surface area contributed by atoms with Gasteiger partial charge >= 0.3 is 0 Å². The molecule has 1 saturated heterocycles. The fraction of sp³-hybridized carbons (Fsp3) is 0.286. The maximum Gasteiger partial charge on any atom is 0.255 e. The highest BCUT2D eigenvalue weighted by atomic mass is 16.5. The first kappa shape index (κ1) is 18.2. The zero-order valence-corrected chi connectivity index (χ0v) is 15.6. The van der Waals surface area contributed by atoms with Gasteiger partial charge in [-0.2, -0.15) is 5.10 Å². The van der Waals surface area contributed by atoms with Gasteiger partial charge in [0, 0.05) is 29.4 Å². The smallest absolute Gasteiger partial charge is 0.255 e. The number of anilines is 1. The van der Waals surface area contributed by atoms with E-state index in [1.165, 1.54) is 19.2 Å². The standard InChI is InChI=1S/C21H23N5O2/c27-21(17-6-3-5-16(13-17)20-22-15-23-25-20)24-18-7-4-8-19(14-18)28-12-11-26-9-1-2-10-26/h3-8,13-15H,1-2,9-12H2,(H,24,27)(H,22,23,25). The Morgan fingerprint density at radius 3 is 2.82 bits per heavy atom. The van der Waals surface area contributed by atoms with Gasteiger partial charge in [0.05, 0.1) is 0 Å². The number of nitrogens with zero attached hydrogens (tertiary/aromatic N) is 3. The van der Waals surface area contributed by atoms with E-state index < -0.39 is 0 Å². The number of hydrogen-bond acceptors (Lipinski definition) is 5. The van der Waals surface area contributed by atoms with Crippen molar-refractivity contribution in [2.45, 2.75) is 12.8 Å². The van der Waals surface area contributed by atoms with Crippen LogP contribution in [0.5, 0.6) is 5.75 Å². The van der Waals surface area contributed by atoms with Gasteiger partial charge in [-0.1, -0.05) is 18.2 Å². The molecule has 2 heterocycles. The van der Waals surface area contributed by atoms with Gasteiger partial charge in [0.25, 0.3) is 5.91 Å². The molecule has 1 aromatic heterocycles. The van der Waals surface area contributed by atoms with Crippen LogP contribution in [-0.4, -0.2) is 52.2 Å². The van der Waals surface area contributed by atoms with Crippen LogP contribution in [0.1, 0.15) is 23.2 Å². The lowest BCUT2D eigenvalue weighted by Crippen LogP contribution is -2.25. The molecule has 2 aromatic carbocycles. The van der Waals surface area contributed by atoms with Gasteiger partial charge in [-0.15, -0.1) is 0 Å². The number of amides is 1. The molecule has 1 aliphatic rings. The van der Waals surface area contributed by atoms with Crippen LogP contribution in [0.25, 0.3) is 11.4 Å². The van der Waals surface area contributed by atoms with Gasteiger partial charge < -0.3 is 10.1 Å². The van der Waals surface area contributed by atoms with Gasteiger partial charge in [0.2, 0.25) is 0 Å². The molecule has 7 nitrogen and oxygen atoms in total. The Labute approximate surface area is 163 Å². The Hall–Kier alpha value is -3.19. The molecule has 0 unspecified atom stereocenters. The topological polar surface area (TPSA) is 83.1 Å². The second-order valence-electron chi connectivity index (χ2n) is 6.79. The molecule has 3 aromatic rings. The van der Waals surface area contributed by atoms with Gasteiger partial charge in [-0.05, 0) is 50.2 Å². The number of hydrogen-bond donors (Lipinski definition) is 2. The molecule has 0 spiro atoms. The lowest BCUT2D eigenvalue weighted by atomic mass is 10.1. The predicted molar refractivity (Wildman–Crippen MR) is 107 cm³/mol. The van der Waals surface area contributed by atoms with E-state index in [-0.39, 0.29) is 5.91 Å². The van der Waals surface area contributed by atoms with E-state index >= 15 is 0 Å². The molecule has 144 valence electrons. The number of H-pyrrole nitrogens is 1. The van der Waals surface area contributed by atoms with E-state index in [0.717, 1.165) is 30.9 Å². The quantitative estimate of drug-likeness (QED) is 0.661. The Balaban J connectivity index is 1.37. The summed E-state index contributed by atoms with van der Waals surface area (Å²) < 4.78 is 5.85. The summed E-state index contributed by atoms with van der Waals surface area (Å²) >= 11 is 0. The van der Waals surface area contributed by atoms with Crippen molar-refractivity contribution in [3.63, 3.8) is 0 Å². The highest BCUT2D eigenvalue weighted by molar-refractivity contribution is 6.04. The molecular weight excluding hydrogens is 354 g/mol. The van der Waals surface area contributed by atoms with E-state index in [9.17, 15) is 4.79 Å². The second kappa shape index (κ2) is 8.67. The number of likely N-dealkylation sites (tertiary alicyclic amines) is 1. The zero-order chi connectivity index (χ0) is 19.2. The van der Waals surface area contributed by atoms with Crippen molar-refractivity contribution in [3.8, 4) is 17.1 Å². The lowest BCUT2D eigenvalue weighted by Gasteiger charge is -2.15.